The van der Waals surface area contributed by atoms with Crippen LogP contribution in [0.4, 0.5) is 4.79 Å². The number of carbonyl (C=O) groups excluding carboxylic acids is 2. The number of methoxy groups -OCH3 is 3. The van der Waals surface area contributed by atoms with Crippen LogP contribution in [0.5, 0.6) is 23.0 Å². The van der Waals surface area contributed by atoms with Gasteiger partial charge in [0, 0.05) is 24.6 Å². The van der Waals surface area contributed by atoms with Gasteiger partial charge in [0.25, 0.3) is 0 Å². The Bertz CT molecular complexity index is 1160. The Morgan fingerprint density at radius 3 is 2.33 bits per heavy atom. The van der Waals surface area contributed by atoms with Crippen LogP contribution in [0.25, 0.3) is 0 Å². The van der Waals surface area contributed by atoms with E-state index in [9.17, 15) is 9.59 Å². The molecule has 1 saturated heterocycles. The largest absolute Gasteiger partial charge is 0.493 e. The smallest absolute Gasteiger partial charge is 0.407 e. The number of nitrogens with zero attached hydrogens (tertiary/aromatic N) is 1. The van der Waals surface area contributed by atoms with Gasteiger partial charge in [0.05, 0.1) is 34.7 Å². The summed E-state index contributed by atoms with van der Waals surface area (Å²) < 4.78 is 33.2. The maximum atomic E-state index is 12.7. The van der Waals surface area contributed by atoms with Crippen LogP contribution >= 0.6 is 0 Å². The number of alkyl carbamates (subject to hydrolysis) is 1. The lowest BCUT2D eigenvalue weighted by Crippen LogP contribution is -2.43. The molecule has 0 unspecified atom stereocenters. The fourth-order valence-electron chi connectivity index (χ4n) is 4.88. The zero-order valence-corrected chi connectivity index (χ0v) is 26.0. The molecule has 42 heavy (non-hydrogen) atoms. The first-order valence-corrected chi connectivity index (χ1v) is 14.3. The minimum atomic E-state index is -0.539. The molecule has 0 saturated carbocycles. The highest BCUT2D eigenvalue weighted by molar-refractivity contribution is 5.75. The number of amides is 1. The molecule has 1 heterocycles. The molecule has 1 aliphatic rings. The van der Waals surface area contributed by atoms with E-state index in [-0.39, 0.29) is 11.4 Å². The molecule has 0 radical (unpaired) electrons. The van der Waals surface area contributed by atoms with Crippen molar-refractivity contribution in [2.45, 2.75) is 70.4 Å². The first kappa shape index (κ1) is 33.0. The van der Waals surface area contributed by atoms with Crippen molar-refractivity contribution < 1.29 is 38.0 Å². The van der Waals surface area contributed by atoms with Gasteiger partial charge >= 0.3 is 12.1 Å². The van der Waals surface area contributed by atoms with Crippen LogP contribution in [0, 0.1) is 0 Å². The topological polar surface area (TPSA) is 105 Å². The van der Waals surface area contributed by atoms with Gasteiger partial charge in [-0.25, -0.2) is 4.79 Å². The Labute approximate surface area is 249 Å². The van der Waals surface area contributed by atoms with Crippen LogP contribution in [0.15, 0.2) is 42.5 Å². The lowest BCUT2D eigenvalue weighted by atomic mass is 9.80. The summed E-state index contributed by atoms with van der Waals surface area (Å²) >= 11 is 0. The summed E-state index contributed by atoms with van der Waals surface area (Å²) in [6, 6.07) is 13.0. The van der Waals surface area contributed by atoms with Crippen molar-refractivity contribution in [3.05, 3.63) is 48.0 Å². The first-order chi connectivity index (χ1) is 20.0. The lowest BCUT2D eigenvalue weighted by Gasteiger charge is -2.30. The predicted molar refractivity (Wildman–Crippen MR) is 159 cm³/mol. The number of nitrogens with one attached hydrogen (secondary N) is 1. The van der Waals surface area contributed by atoms with Gasteiger partial charge in [-0.15, -0.1) is 0 Å². The van der Waals surface area contributed by atoms with Crippen molar-refractivity contribution in [1.82, 2.24) is 10.2 Å². The predicted octanol–water partition coefficient (Wildman–Crippen LogP) is 5.67. The third-order valence-corrected chi connectivity index (χ3v) is 7.26. The van der Waals surface area contributed by atoms with E-state index in [0.29, 0.717) is 55.8 Å². The van der Waals surface area contributed by atoms with Crippen molar-refractivity contribution in [3.63, 3.8) is 0 Å². The van der Waals surface area contributed by atoms with E-state index in [1.54, 1.807) is 26.4 Å². The minimum absolute atomic E-state index is 0.241. The highest BCUT2D eigenvalue weighted by atomic mass is 16.6. The van der Waals surface area contributed by atoms with Crippen LogP contribution in [0.3, 0.4) is 0 Å². The molecule has 1 aliphatic heterocycles. The summed E-state index contributed by atoms with van der Waals surface area (Å²) in [4.78, 5) is 26.6. The zero-order chi connectivity index (χ0) is 30.8. The number of hydrogen-bond acceptors (Lipinski definition) is 9. The molecule has 2 atom stereocenters. The second kappa shape index (κ2) is 15.1. The summed E-state index contributed by atoms with van der Waals surface area (Å²) in [6.07, 6.45) is 2.43. The molecular weight excluding hydrogens is 540 g/mol. The number of esters is 1. The summed E-state index contributed by atoms with van der Waals surface area (Å²) in [5, 5.41) is 2.77. The van der Waals surface area contributed by atoms with E-state index in [1.807, 2.05) is 43.9 Å². The molecule has 232 valence electrons. The number of hydrogen-bond donors (Lipinski definition) is 1. The fourth-order valence-corrected chi connectivity index (χ4v) is 4.88. The fraction of sp³-hybridized carbons (Fsp3) is 0.562. The average molecular weight is 587 g/mol. The summed E-state index contributed by atoms with van der Waals surface area (Å²) in [5.74, 6) is 2.31. The van der Waals surface area contributed by atoms with E-state index in [4.69, 9.17) is 28.4 Å². The average Bonchev–Trinajstić information content (AvgIpc) is 3.16. The molecule has 0 aliphatic carbocycles. The quantitative estimate of drug-likeness (QED) is 0.249. The molecule has 0 aromatic heterocycles. The highest BCUT2D eigenvalue weighted by Crippen LogP contribution is 2.35. The van der Waals surface area contributed by atoms with E-state index in [0.717, 1.165) is 24.8 Å². The number of unbranched alkanes of at least 4 members (excludes halogenated alkanes) is 1. The zero-order valence-electron chi connectivity index (χ0n) is 26.0. The van der Waals surface area contributed by atoms with Crippen molar-refractivity contribution in [1.29, 1.82) is 0 Å². The Balaban J connectivity index is 1.56. The summed E-state index contributed by atoms with van der Waals surface area (Å²) in [6.45, 7) is 9.67. The van der Waals surface area contributed by atoms with Crippen molar-refractivity contribution in [3.8, 4) is 23.0 Å². The number of rotatable bonds is 12. The molecule has 0 bridgehead atoms. The van der Waals surface area contributed by atoms with Crippen LogP contribution in [0.1, 0.15) is 58.9 Å². The number of ether oxygens (including phenoxy) is 6. The molecular formula is C32H46N2O8. The van der Waals surface area contributed by atoms with Crippen LogP contribution in [0.2, 0.25) is 0 Å². The third-order valence-electron chi connectivity index (χ3n) is 7.26. The lowest BCUT2D eigenvalue weighted by molar-refractivity contribution is -0.149. The maximum Gasteiger partial charge on any atom is 0.407 e. The van der Waals surface area contributed by atoms with Crippen LogP contribution in [-0.2, 0) is 24.4 Å². The standard InChI is InChI=1S/C32H46N2O8/c1-31(2,3)42-30(36)33-18-9-8-10-26(29(35)39-7)34-19-17-32(4,21-40-22-34)23-11-13-24(14-12-23)41-25-15-16-27(37-5)28(20-25)38-6/h11-16,20,26H,8-10,17-19,21-22H2,1-7H3,(H,33,36)/t26-,32-/m1/s1. The first-order valence-electron chi connectivity index (χ1n) is 14.3. The molecule has 2 aromatic carbocycles. The van der Waals surface area contributed by atoms with Gasteiger partial charge in [0.15, 0.2) is 11.5 Å². The maximum absolute atomic E-state index is 12.7. The summed E-state index contributed by atoms with van der Waals surface area (Å²) in [7, 11) is 4.60. The molecule has 10 nitrogen and oxygen atoms in total. The molecule has 2 aromatic rings. The second-order valence-corrected chi connectivity index (χ2v) is 11.7. The SMILES string of the molecule is COC(=O)[C@@H](CCCCNC(=O)OC(C)(C)C)N1CC[C@@](C)(c2ccc(Oc3ccc(OC)c(OC)c3)cc2)COC1. The number of benzene rings is 2. The van der Waals surface area contributed by atoms with Gasteiger partial charge in [-0.1, -0.05) is 19.1 Å². The minimum Gasteiger partial charge on any atom is -0.493 e. The van der Waals surface area contributed by atoms with Crippen molar-refractivity contribution >= 4 is 12.1 Å². The molecule has 3 rings (SSSR count). The summed E-state index contributed by atoms with van der Waals surface area (Å²) in [5.41, 5.74) is 0.351. The molecule has 0 spiro atoms. The van der Waals surface area contributed by atoms with Gasteiger partial charge in [-0.05, 0) is 76.3 Å². The third kappa shape index (κ3) is 9.52. The van der Waals surface area contributed by atoms with Gasteiger partial charge in [-0.3, -0.25) is 9.69 Å². The molecule has 10 heteroatoms. The van der Waals surface area contributed by atoms with Crippen LogP contribution in [-0.4, -0.2) is 76.4 Å². The van der Waals surface area contributed by atoms with Gasteiger partial charge < -0.3 is 33.7 Å². The van der Waals surface area contributed by atoms with Gasteiger partial charge in [0.1, 0.15) is 23.1 Å². The van der Waals surface area contributed by atoms with E-state index >= 15 is 0 Å². The van der Waals surface area contributed by atoms with Crippen LogP contribution < -0.4 is 19.5 Å². The molecule has 1 N–H and O–H groups in total. The molecule has 1 amide bonds. The van der Waals surface area contributed by atoms with Gasteiger partial charge in [0.2, 0.25) is 0 Å². The van der Waals surface area contributed by atoms with Gasteiger partial charge in [-0.2, -0.15) is 0 Å². The normalized spacial score (nSPS) is 18.4. The van der Waals surface area contributed by atoms with Crippen molar-refractivity contribution in [2.75, 3.05) is 47.8 Å². The Kier molecular flexibility index (Phi) is 11.9. The van der Waals surface area contributed by atoms with Crippen molar-refractivity contribution in [2.24, 2.45) is 0 Å². The molecule has 1 fully saturated rings. The Morgan fingerprint density at radius 1 is 1.00 bits per heavy atom. The number of carbonyl (C=O) groups is 2. The van der Waals surface area contributed by atoms with E-state index in [1.165, 1.54) is 7.11 Å². The van der Waals surface area contributed by atoms with E-state index in [2.05, 4.69) is 24.4 Å². The van der Waals surface area contributed by atoms with E-state index < -0.39 is 17.7 Å². The second-order valence-electron chi connectivity index (χ2n) is 11.7. The Hall–Kier alpha value is -3.50. The highest BCUT2D eigenvalue weighted by Gasteiger charge is 2.35. The monoisotopic (exact) mass is 586 g/mol. The Morgan fingerprint density at radius 2 is 1.69 bits per heavy atom.